The van der Waals surface area contributed by atoms with Crippen LogP contribution in [0.2, 0.25) is 0 Å². The molecule has 0 spiro atoms. The van der Waals surface area contributed by atoms with Crippen LogP contribution in [0.15, 0.2) is 29.2 Å². The molecule has 6 heteroatoms. The predicted octanol–water partition coefficient (Wildman–Crippen LogP) is 2.89. The molecule has 0 bridgehead atoms. The average molecular weight is 240 g/mol. The van der Waals surface area contributed by atoms with Gasteiger partial charge in [-0.2, -0.15) is 13.2 Å². The maximum absolute atomic E-state index is 12.6. The van der Waals surface area contributed by atoms with Crippen molar-refractivity contribution >= 4 is 10.8 Å². The number of benzene rings is 1. The first kappa shape index (κ1) is 12.2. The van der Waals surface area contributed by atoms with Gasteiger partial charge in [-0.25, -0.2) is 4.39 Å². The lowest BCUT2D eigenvalue weighted by atomic mass is 10.4. The topological polar surface area (TPSA) is 17.1 Å². The second kappa shape index (κ2) is 4.74. The first-order chi connectivity index (χ1) is 6.88. The molecular formula is C9H8F4OS. The summed E-state index contributed by atoms with van der Waals surface area (Å²) in [6, 6.07) is 4.78. The van der Waals surface area contributed by atoms with Crippen LogP contribution >= 0.6 is 0 Å². The van der Waals surface area contributed by atoms with E-state index in [9.17, 15) is 21.8 Å². The predicted molar refractivity (Wildman–Crippen MR) is 48.3 cm³/mol. The lowest BCUT2D eigenvalue weighted by Crippen LogP contribution is -2.12. The van der Waals surface area contributed by atoms with Gasteiger partial charge >= 0.3 is 6.18 Å². The van der Waals surface area contributed by atoms with Crippen molar-refractivity contribution in [1.82, 2.24) is 0 Å². The Bertz CT molecular complexity index is 361. The minimum atomic E-state index is -4.33. The maximum Gasteiger partial charge on any atom is 0.390 e. The van der Waals surface area contributed by atoms with E-state index in [1.54, 1.807) is 0 Å². The number of hydrogen-bond acceptors (Lipinski definition) is 1. The van der Waals surface area contributed by atoms with Gasteiger partial charge in [0.15, 0.2) is 0 Å². The second-order valence-electron chi connectivity index (χ2n) is 2.87. The Morgan fingerprint density at radius 1 is 1.27 bits per heavy atom. The van der Waals surface area contributed by atoms with Crippen molar-refractivity contribution in [2.75, 3.05) is 5.75 Å². The highest BCUT2D eigenvalue weighted by atomic mass is 32.2. The largest absolute Gasteiger partial charge is 0.390 e. The van der Waals surface area contributed by atoms with E-state index in [0.717, 1.165) is 12.1 Å². The SMILES string of the molecule is O=S(CCC(F)(F)F)c1cccc(F)c1. The van der Waals surface area contributed by atoms with Gasteiger partial charge in [0.2, 0.25) is 0 Å². The molecule has 1 unspecified atom stereocenters. The van der Waals surface area contributed by atoms with Crippen LogP contribution in [0.1, 0.15) is 6.42 Å². The van der Waals surface area contributed by atoms with Gasteiger partial charge in [-0.15, -0.1) is 0 Å². The summed E-state index contributed by atoms with van der Waals surface area (Å²) in [6.07, 6.45) is -5.46. The zero-order valence-corrected chi connectivity index (χ0v) is 8.37. The molecule has 84 valence electrons. The Morgan fingerprint density at radius 3 is 2.47 bits per heavy atom. The van der Waals surface area contributed by atoms with Crippen LogP contribution in [0.5, 0.6) is 0 Å². The summed E-state index contributed by atoms with van der Waals surface area (Å²) in [6.45, 7) is 0. The zero-order valence-electron chi connectivity index (χ0n) is 7.55. The van der Waals surface area contributed by atoms with Crippen molar-refractivity contribution in [2.24, 2.45) is 0 Å². The number of hydrogen-bond donors (Lipinski definition) is 0. The van der Waals surface area contributed by atoms with Crippen LogP contribution in [-0.4, -0.2) is 16.1 Å². The highest BCUT2D eigenvalue weighted by Crippen LogP contribution is 2.21. The van der Waals surface area contributed by atoms with Crippen LogP contribution < -0.4 is 0 Å². The number of rotatable bonds is 3. The standard InChI is InChI=1S/C9H8F4OS/c10-7-2-1-3-8(6-7)15(14)5-4-9(11,12)13/h1-3,6H,4-5H2. The molecule has 0 amide bonds. The Kier molecular flexibility index (Phi) is 3.84. The van der Waals surface area contributed by atoms with Crippen molar-refractivity contribution in [3.05, 3.63) is 30.1 Å². The van der Waals surface area contributed by atoms with E-state index in [4.69, 9.17) is 0 Å². The smallest absolute Gasteiger partial charge is 0.254 e. The quantitative estimate of drug-likeness (QED) is 0.742. The molecule has 0 fully saturated rings. The van der Waals surface area contributed by atoms with Crippen molar-refractivity contribution in [1.29, 1.82) is 0 Å². The third kappa shape index (κ3) is 4.42. The summed E-state index contributed by atoms with van der Waals surface area (Å²) in [5, 5.41) is 0. The minimum Gasteiger partial charge on any atom is -0.254 e. The van der Waals surface area contributed by atoms with E-state index < -0.39 is 35.0 Å². The molecule has 1 atom stereocenters. The molecule has 1 nitrogen and oxygen atoms in total. The fraction of sp³-hybridized carbons (Fsp3) is 0.333. The summed E-state index contributed by atoms with van der Waals surface area (Å²) in [4.78, 5) is 0.0826. The van der Waals surface area contributed by atoms with Crippen LogP contribution in [0.25, 0.3) is 0 Å². The first-order valence-corrected chi connectivity index (χ1v) is 5.41. The Hall–Kier alpha value is -0.910. The summed E-state index contributed by atoms with van der Waals surface area (Å²) in [7, 11) is -1.80. The molecule has 1 aromatic carbocycles. The Labute approximate surface area is 86.6 Å². The summed E-state index contributed by atoms with van der Waals surface area (Å²) in [5.41, 5.74) is 0. The third-order valence-corrected chi connectivity index (χ3v) is 2.98. The van der Waals surface area contributed by atoms with E-state index in [1.807, 2.05) is 0 Å². The highest BCUT2D eigenvalue weighted by molar-refractivity contribution is 7.85. The van der Waals surface area contributed by atoms with Gasteiger partial charge in [-0.1, -0.05) is 6.07 Å². The lowest BCUT2D eigenvalue weighted by Gasteiger charge is -2.05. The molecule has 1 rings (SSSR count). The summed E-state index contributed by atoms with van der Waals surface area (Å²) >= 11 is 0. The third-order valence-electron chi connectivity index (χ3n) is 1.63. The lowest BCUT2D eigenvalue weighted by molar-refractivity contribution is -0.129. The minimum absolute atomic E-state index is 0.0826. The van der Waals surface area contributed by atoms with Crippen LogP contribution in [0.3, 0.4) is 0 Å². The molecule has 0 saturated heterocycles. The monoisotopic (exact) mass is 240 g/mol. The Balaban J connectivity index is 2.62. The molecule has 0 aliphatic carbocycles. The van der Waals surface area contributed by atoms with Gasteiger partial charge in [0.25, 0.3) is 0 Å². The fourth-order valence-corrected chi connectivity index (χ4v) is 2.06. The van der Waals surface area contributed by atoms with Crippen molar-refractivity contribution in [3.63, 3.8) is 0 Å². The van der Waals surface area contributed by atoms with E-state index in [-0.39, 0.29) is 4.90 Å². The molecule has 0 N–H and O–H groups in total. The van der Waals surface area contributed by atoms with E-state index in [1.165, 1.54) is 12.1 Å². The average Bonchev–Trinajstić information content (AvgIpc) is 2.13. The van der Waals surface area contributed by atoms with Gasteiger partial charge < -0.3 is 0 Å². The Morgan fingerprint density at radius 2 is 1.93 bits per heavy atom. The number of halogens is 4. The van der Waals surface area contributed by atoms with Gasteiger partial charge in [-0.05, 0) is 18.2 Å². The van der Waals surface area contributed by atoms with Crippen molar-refractivity contribution < 1.29 is 21.8 Å². The first-order valence-electron chi connectivity index (χ1n) is 4.09. The van der Waals surface area contributed by atoms with E-state index >= 15 is 0 Å². The molecule has 0 aliphatic rings. The summed E-state index contributed by atoms with van der Waals surface area (Å²) in [5.74, 6) is -1.14. The molecule has 0 heterocycles. The van der Waals surface area contributed by atoms with E-state index in [0.29, 0.717) is 0 Å². The van der Waals surface area contributed by atoms with Crippen molar-refractivity contribution in [3.8, 4) is 0 Å². The second-order valence-corrected chi connectivity index (χ2v) is 4.44. The molecule has 0 aromatic heterocycles. The van der Waals surface area contributed by atoms with Gasteiger partial charge in [-0.3, -0.25) is 4.21 Å². The van der Waals surface area contributed by atoms with Gasteiger partial charge in [0.05, 0.1) is 17.2 Å². The zero-order chi connectivity index (χ0) is 11.5. The van der Waals surface area contributed by atoms with Crippen LogP contribution in [0, 0.1) is 5.82 Å². The van der Waals surface area contributed by atoms with Crippen LogP contribution in [-0.2, 0) is 10.8 Å². The van der Waals surface area contributed by atoms with Gasteiger partial charge in [0, 0.05) is 10.6 Å². The van der Waals surface area contributed by atoms with E-state index in [2.05, 4.69) is 0 Å². The maximum atomic E-state index is 12.6. The highest BCUT2D eigenvalue weighted by Gasteiger charge is 2.27. The molecule has 0 aliphatic heterocycles. The molecule has 15 heavy (non-hydrogen) atoms. The molecule has 0 radical (unpaired) electrons. The number of alkyl halides is 3. The fourth-order valence-electron chi connectivity index (χ4n) is 0.935. The molecule has 1 aromatic rings. The molecular weight excluding hydrogens is 232 g/mol. The van der Waals surface area contributed by atoms with Crippen molar-refractivity contribution in [2.45, 2.75) is 17.5 Å². The van der Waals surface area contributed by atoms with Crippen LogP contribution in [0.4, 0.5) is 17.6 Å². The van der Waals surface area contributed by atoms with Gasteiger partial charge in [0.1, 0.15) is 5.82 Å². The molecule has 0 saturated carbocycles. The normalized spacial score (nSPS) is 13.9. The summed E-state index contributed by atoms with van der Waals surface area (Å²) < 4.78 is 59.3.